The summed E-state index contributed by atoms with van der Waals surface area (Å²) >= 11 is 1.46. The van der Waals surface area contributed by atoms with Gasteiger partial charge in [-0.15, -0.1) is 11.3 Å². The number of aromatic nitrogens is 4. The number of carbonyl (C=O) groups is 1. The number of piperazine rings is 1. The van der Waals surface area contributed by atoms with Gasteiger partial charge in [0.2, 0.25) is 0 Å². The number of nitrogens with zero attached hydrogens (tertiary/aromatic N) is 7. The molecule has 1 aliphatic rings. The molecule has 0 spiro atoms. The molecule has 10 heteroatoms. The third-order valence-electron chi connectivity index (χ3n) is 6.24. The summed E-state index contributed by atoms with van der Waals surface area (Å²) < 4.78 is 6.83. The number of nitriles is 1. The molecule has 4 aromatic rings. The molecule has 188 valence electrons. The van der Waals surface area contributed by atoms with E-state index in [1.54, 1.807) is 31.6 Å². The molecule has 1 fully saturated rings. The Morgan fingerprint density at radius 1 is 1.05 bits per heavy atom. The lowest BCUT2D eigenvalue weighted by atomic mass is 10.1. The normalized spacial score (nSPS) is 15.4. The molecule has 1 aliphatic heterocycles. The molecule has 5 rings (SSSR count). The fourth-order valence-corrected chi connectivity index (χ4v) is 5.31. The standard InChI is InChI=1S/C27H27N7O2S/c1-19(35)16-33-10-12-34(13-11-33)17-20-2-4-21(5-3-20)18-36-27-30-9-6-23(32-27)22(14-28)26-31-24-15-29-8-7-25(24)37-26/h2-9,15,22H,10-13,16-18H2,1H3. The van der Waals surface area contributed by atoms with Gasteiger partial charge in [-0.1, -0.05) is 24.3 Å². The van der Waals surface area contributed by atoms with Gasteiger partial charge in [-0.3, -0.25) is 19.6 Å². The van der Waals surface area contributed by atoms with Crippen LogP contribution in [0.5, 0.6) is 6.01 Å². The van der Waals surface area contributed by atoms with E-state index in [-0.39, 0.29) is 11.8 Å². The fraction of sp³-hybridized carbons (Fsp3) is 0.333. The van der Waals surface area contributed by atoms with Gasteiger partial charge < -0.3 is 4.74 Å². The Labute approximate surface area is 219 Å². The van der Waals surface area contributed by atoms with Gasteiger partial charge in [0.05, 0.1) is 34.7 Å². The maximum Gasteiger partial charge on any atom is 0.316 e. The van der Waals surface area contributed by atoms with Crippen molar-refractivity contribution in [2.75, 3.05) is 32.7 Å². The average Bonchev–Trinajstić information content (AvgIpc) is 3.34. The first-order chi connectivity index (χ1) is 18.1. The molecule has 0 saturated carbocycles. The Morgan fingerprint density at radius 2 is 1.81 bits per heavy atom. The van der Waals surface area contributed by atoms with Gasteiger partial charge in [0, 0.05) is 45.1 Å². The molecule has 0 bridgehead atoms. The van der Waals surface area contributed by atoms with E-state index >= 15 is 0 Å². The van der Waals surface area contributed by atoms with Gasteiger partial charge in [-0.05, 0) is 30.2 Å². The van der Waals surface area contributed by atoms with Crippen LogP contribution < -0.4 is 4.74 Å². The molecule has 0 N–H and O–H groups in total. The smallest absolute Gasteiger partial charge is 0.316 e. The monoisotopic (exact) mass is 513 g/mol. The van der Waals surface area contributed by atoms with Crippen LogP contribution in [0.15, 0.2) is 55.0 Å². The zero-order valence-electron chi connectivity index (χ0n) is 20.6. The molecule has 9 nitrogen and oxygen atoms in total. The lowest BCUT2D eigenvalue weighted by molar-refractivity contribution is -0.118. The summed E-state index contributed by atoms with van der Waals surface area (Å²) in [6, 6.07) is 14.5. The summed E-state index contributed by atoms with van der Waals surface area (Å²) in [5.74, 6) is -0.384. The Bertz CT molecular complexity index is 1380. The Balaban J connectivity index is 1.17. The lowest BCUT2D eigenvalue weighted by Gasteiger charge is -2.34. The topological polar surface area (TPSA) is 108 Å². The molecule has 1 unspecified atom stereocenters. The number of rotatable bonds is 9. The fourth-order valence-electron chi connectivity index (χ4n) is 4.32. The van der Waals surface area contributed by atoms with Gasteiger partial charge >= 0.3 is 6.01 Å². The van der Waals surface area contributed by atoms with Crippen LogP contribution in [0.3, 0.4) is 0 Å². The minimum Gasteiger partial charge on any atom is -0.459 e. The lowest BCUT2D eigenvalue weighted by Crippen LogP contribution is -2.47. The van der Waals surface area contributed by atoms with Gasteiger partial charge in [0.25, 0.3) is 0 Å². The number of benzene rings is 1. The van der Waals surface area contributed by atoms with Crippen LogP contribution in [0.1, 0.15) is 34.7 Å². The van der Waals surface area contributed by atoms with Crippen molar-refractivity contribution in [2.24, 2.45) is 0 Å². The summed E-state index contributed by atoms with van der Waals surface area (Å²) in [5, 5.41) is 10.5. The largest absolute Gasteiger partial charge is 0.459 e. The van der Waals surface area contributed by atoms with E-state index in [2.05, 4.69) is 60.1 Å². The van der Waals surface area contributed by atoms with Crippen molar-refractivity contribution in [1.82, 2.24) is 29.7 Å². The summed E-state index contributed by atoms with van der Waals surface area (Å²) in [6.45, 7) is 7.18. The van der Waals surface area contributed by atoms with E-state index < -0.39 is 5.92 Å². The number of ketones is 1. The van der Waals surface area contributed by atoms with Crippen molar-refractivity contribution in [1.29, 1.82) is 5.26 Å². The van der Waals surface area contributed by atoms with Gasteiger partial charge in [-0.2, -0.15) is 10.2 Å². The van der Waals surface area contributed by atoms with E-state index in [0.29, 0.717) is 23.9 Å². The number of Topliss-reactive ketones (excluding diaryl/α,β-unsaturated/α-hetero) is 1. The maximum atomic E-state index is 11.3. The van der Waals surface area contributed by atoms with Crippen LogP contribution in [0.4, 0.5) is 0 Å². The highest BCUT2D eigenvalue weighted by Gasteiger charge is 2.21. The predicted octanol–water partition coefficient (Wildman–Crippen LogP) is 3.42. The Morgan fingerprint density at radius 3 is 2.54 bits per heavy atom. The zero-order valence-corrected chi connectivity index (χ0v) is 21.4. The van der Waals surface area contributed by atoms with Crippen molar-refractivity contribution < 1.29 is 9.53 Å². The number of fused-ring (bicyclic) bond motifs is 1. The van der Waals surface area contributed by atoms with Gasteiger partial charge in [0.1, 0.15) is 23.3 Å². The molecule has 0 amide bonds. The first-order valence-electron chi connectivity index (χ1n) is 12.1. The van der Waals surface area contributed by atoms with Crippen molar-refractivity contribution in [3.05, 3.63) is 76.8 Å². The maximum absolute atomic E-state index is 11.3. The van der Waals surface area contributed by atoms with Crippen LogP contribution >= 0.6 is 11.3 Å². The first-order valence-corrected chi connectivity index (χ1v) is 13.0. The Kier molecular flexibility index (Phi) is 7.75. The van der Waals surface area contributed by atoms with E-state index in [1.165, 1.54) is 16.9 Å². The minimum atomic E-state index is -0.605. The van der Waals surface area contributed by atoms with E-state index in [0.717, 1.165) is 48.5 Å². The van der Waals surface area contributed by atoms with Crippen LogP contribution in [0.2, 0.25) is 0 Å². The third kappa shape index (κ3) is 6.32. The third-order valence-corrected chi connectivity index (χ3v) is 7.34. The molecular weight excluding hydrogens is 486 g/mol. The van der Waals surface area contributed by atoms with E-state index in [1.807, 2.05) is 6.07 Å². The number of hydrogen-bond acceptors (Lipinski definition) is 10. The first kappa shape index (κ1) is 24.9. The highest BCUT2D eigenvalue weighted by Crippen LogP contribution is 2.30. The molecular formula is C27H27N7O2S. The SMILES string of the molecule is CC(=O)CN1CCN(Cc2ccc(COc3nccc(C(C#N)c4nc5cnccc5s4)n3)cc2)CC1. The summed E-state index contributed by atoms with van der Waals surface area (Å²) in [7, 11) is 0. The highest BCUT2D eigenvalue weighted by molar-refractivity contribution is 7.18. The Hall–Kier alpha value is -3.78. The van der Waals surface area contributed by atoms with Crippen LogP contribution in [-0.4, -0.2) is 68.2 Å². The molecule has 1 aromatic carbocycles. The second-order valence-electron chi connectivity index (χ2n) is 9.08. The molecule has 3 aromatic heterocycles. The summed E-state index contributed by atoms with van der Waals surface area (Å²) in [5.41, 5.74) is 3.58. The molecule has 1 saturated heterocycles. The second kappa shape index (κ2) is 11.5. The van der Waals surface area contributed by atoms with Crippen molar-refractivity contribution >= 4 is 27.3 Å². The van der Waals surface area contributed by atoms with E-state index in [9.17, 15) is 10.1 Å². The number of pyridine rings is 1. The molecule has 0 radical (unpaired) electrons. The minimum absolute atomic E-state index is 0.222. The summed E-state index contributed by atoms with van der Waals surface area (Å²) in [6.07, 6.45) is 5.02. The number of thiazole rings is 1. The number of ether oxygens (including phenoxy) is 1. The number of hydrogen-bond donors (Lipinski definition) is 0. The summed E-state index contributed by atoms with van der Waals surface area (Å²) in [4.78, 5) is 33.3. The zero-order chi connectivity index (χ0) is 25.6. The highest BCUT2D eigenvalue weighted by atomic mass is 32.1. The molecule has 37 heavy (non-hydrogen) atoms. The van der Waals surface area contributed by atoms with Crippen molar-refractivity contribution in [3.8, 4) is 12.1 Å². The second-order valence-corrected chi connectivity index (χ2v) is 10.1. The predicted molar refractivity (Wildman–Crippen MR) is 140 cm³/mol. The van der Waals surface area contributed by atoms with Crippen molar-refractivity contribution in [3.63, 3.8) is 0 Å². The van der Waals surface area contributed by atoms with Crippen LogP contribution in [0, 0.1) is 11.3 Å². The van der Waals surface area contributed by atoms with Crippen LogP contribution in [-0.2, 0) is 17.9 Å². The van der Waals surface area contributed by atoms with Gasteiger partial charge in [0.15, 0.2) is 0 Å². The molecule has 0 aliphatic carbocycles. The van der Waals surface area contributed by atoms with Crippen molar-refractivity contribution in [2.45, 2.75) is 26.0 Å². The quantitative estimate of drug-likeness (QED) is 0.333. The molecule has 1 atom stereocenters. The average molecular weight is 514 g/mol. The van der Waals surface area contributed by atoms with Crippen LogP contribution in [0.25, 0.3) is 10.2 Å². The molecule has 4 heterocycles. The van der Waals surface area contributed by atoms with E-state index in [4.69, 9.17) is 4.74 Å². The van der Waals surface area contributed by atoms with Gasteiger partial charge in [-0.25, -0.2) is 9.97 Å². The number of carbonyl (C=O) groups excluding carboxylic acids is 1.